The number of hydrogen-bond donors (Lipinski definition) is 4. The van der Waals surface area contributed by atoms with Gasteiger partial charge < -0.3 is 21.5 Å². The number of carbonyl (C=O) groups is 1. The molecule has 8 heteroatoms. The van der Waals surface area contributed by atoms with Crippen LogP contribution in [0.2, 0.25) is 0 Å². The maximum atomic E-state index is 12.3. The van der Waals surface area contributed by atoms with E-state index >= 15 is 0 Å². The number of fused-ring (bicyclic) bond motifs is 1. The fourth-order valence-electron chi connectivity index (χ4n) is 3.26. The number of nitrogens with two attached hydrogens (primary N) is 1. The summed E-state index contributed by atoms with van der Waals surface area (Å²) < 4.78 is 0. The van der Waals surface area contributed by atoms with Crippen LogP contribution in [0, 0.1) is 6.92 Å². The zero-order valence-corrected chi connectivity index (χ0v) is 17.4. The van der Waals surface area contributed by atoms with Crippen molar-refractivity contribution < 1.29 is 9.90 Å². The number of aromatic nitrogens is 2. The SMILES string of the molecule is CCc1sc2ncnc(N)c2c1-c1ccc(NC(=O)Nc2ccc(C)c(O)c2)cc1. The van der Waals surface area contributed by atoms with Gasteiger partial charge in [-0.15, -0.1) is 11.3 Å². The average molecular weight is 420 g/mol. The van der Waals surface area contributed by atoms with Crippen molar-refractivity contribution in [2.75, 3.05) is 16.4 Å². The summed E-state index contributed by atoms with van der Waals surface area (Å²) in [6.07, 6.45) is 2.35. The first-order valence-electron chi connectivity index (χ1n) is 9.46. The molecule has 0 saturated carbocycles. The fourth-order valence-corrected chi connectivity index (χ4v) is 4.37. The molecule has 0 aliphatic heterocycles. The minimum Gasteiger partial charge on any atom is -0.508 e. The van der Waals surface area contributed by atoms with Crippen molar-refractivity contribution in [2.24, 2.45) is 0 Å². The van der Waals surface area contributed by atoms with Gasteiger partial charge in [-0.25, -0.2) is 14.8 Å². The van der Waals surface area contributed by atoms with Crippen LogP contribution in [0.25, 0.3) is 21.3 Å². The van der Waals surface area contributed by atoms with E-state index in [2.05, 4.69) is 27.5 Å². The number of anilines is 3. The van der Waals surface area contributed by atoms with Crippen molar-refractivity contribution in [3.8, 4) is 16.9 Å². The molecule has 0 aliphatic rings. The number of phenolic OH excluding ortho intramolecular Hbond substituents is 1. The fraction of sp³-hybridized carbons (Fsp3) is 0.136. The van der Waals surface area contributed by atoms with E-state index in [0.29, 0.717) is 17.2 Å². The molecule has 4 aromatic rings. The predicted octanol–water partition coefficient (Wildman–Crippen LogP) is 5.16. The second-order valence-electron chi connectivity index (χ2n) is 6.85. The summed E-state index contributed by atoms with van der Waals surface area (Å²) in [5, 5.41) is 16.1. The van der Waals surface area contributed by atoms with Crippen LogP contribution >= 0.6 is 11.3 Å². The van der Waals surface area contributed by atoms with E-state index in [4.69, 9.17) is 5.73 Å². The Morgan fingerprint density at radius 2 is 1.80 bits per heavy atom. The lowest BCUT2D eigenvalue weighted by molar-refractivity contribution is 0.262. The molecule has 2 aromatic carbocycles. The minimum absolute atomic E-state index is 0.134. The molecule has 2 heterocycles. The summed E-state index contributed by atoms with van der Waals surface area (Å²) >= 11 is 1.62. The first-order chi connectivity index (χ1) is 14.5. The van der Waals surface area contributed by atoms with Gasteiger partial charge in [-0.1, -0.05) is 25.1 Å². The lowest BCUT2D eigenvalue weighted by Gasteiger charge is -2.10. The van der Waals surface area contributed by atoms with Crippen LogP contribution in [0.15, 0.2) is 48.8 Å². The van der Waals surface area contributed by atoms with Gasteiger partial charge in [0.25, 0.3) is 0 Å². The lowest BCUT2D eigenvalue weighted by Crippen LogP contribution is -2.19. The monoisotopic (exact) mass is 419 g/mol. The summed E-state index contributed by atoms with van der Waals surface area (Å²) in [6, 6.07) is 12.2. The van der Waals surface area contributed by atoms with E-state index in [1.165, 1.54) is 17.3 Å². The highest BCUT2D eigenvalue weighted by atomic mass is 32.1. The molecule has 0 bridgehead atoms. The van der Waals surface area contributed by atoms with Gasteiger partial charge in [0, 0.05) is 27.9 Å². The standard InChI is InChI=1S/C22H21N5O2S/c1-3-17-18(19-20(23)24-11-25-21(19)30-17)13-5-8-14(9-6-13)26-22(29)27-15-7-4-12(2)16(28)10-15/h4-11,28H,3H2,1-2H3,(H2,23,24,25)(H2,26,27,29). The predicted molar refractivity (Wildman–Crippen MR) is 122 cm³/mol. The topological polar surface area (TPSA) is 113 Å². The summed E-state index contributed by atoms with van der Waals surface area (Å²) in [6.45, 7) is 3.89. The van der Waals surface area contributed by atoms with Crippen LogP contribution in [0.5, 0.6) is 5.75 Å². The summed E-state index contributed by atoms with van der Waals surface area (Å²) in [5.74, 6) is 0.601. The number of carbonyl (C=O) groups excluding carboxylic acids is 1. The Morgan fingerprint density at radius 1 is 1.10 bits per heavy atom. The Morgan fingerprint density at radius 3 is 2.50 bits per heavy atom. The van der Waals surface area contributed by atoms with Crippen molar-refractivity contribution >= 4 is 44.8 Å². The third kappa shape index (κ3) is 3.77. The molecule has 0 fully saturated rings. The summed E-state index contributed by atoms with van der Waals surface area (Å²) in [5.41, 5.74) is 10.1. The number of nitrogen functional groups attached to an aromatic ring is 1. The maximum Gasteiger partial charge on any atom is 0.323 e. The number of benzene rings is 2. The smallest absolute Gasteiger partial charge is 0.323 e. The van der Waals surface area contributed by atoms with Gasteiger partial charge in [0.05, 0.1) is 5.39 Å². The van der Waals surface area contributed by atoms with Crippen LogP contribution in [0.1, 0.15) is 17.4 Å². The molecule has 152 valence electrons. The minimum atomic E-state index is -0.390. The first-order valence-corrected chi connectivity index (χ1v) is 10.3. The number of nitrogens with one attached hydrogen (secondary N) is 2. The normalized spacial score (nSPS) is 10.9. The third-order valence-electron chi connectivity index (χ3n) is 4.81. The van der Waals surface area contributed by atoms with E-state index in [1.807, 2.05) is 24.3 Å². The van der Waals surface area contributed by atoms with Gasteiger partial charge in [0.15, 0.2) is 0 Å². The van der Waals surface area contributed by atoms with E-state index < -0.39 is 0 Å². The van der Waals surface area contributed by atoms with Crippen molar-refractivity contribution in [3.05, 3.63) is 59.2 Å². The molecule has 0 spiro atoms. The second kappa shape index (κ2) is 8.00. The third-order valence-corrected chi connectivity index (χ3v) is 6.05. The molecule has 0 saturated heterocycles. The van der Waals surface area contributed by atoms with E-state index in [0.717, 1.165) is 33.3 Å². The van der Waals surface area contributed by atoms with Crippen molar-refractivity contribution in [3.63, 3.8) is 0 Å². The average Bonchev–Trinajstić information content (AvgIpc) is 3.11. The van der Waals surface area contributed by atoms with Gasteiger partial charge in [0.2, 0.25) is 0 Å². The number of nitrogens with zero attached hydrogens (tertiary/aromatic N) is 2. The van der Waals surface area contributed by atoms with E-state index in [9.17, 15) is 9.90 Å². The lowest BCUT2D eigenvalue weighted by atomic mass is 10.0. The number of aromatic hydroxyl groups is 1. The number of urea groups is 1. The van der Waals surface area contributed by atoms with Crippen LogP contribution in [-0.4, -0.2) is 21.1 Å². The number of thiophene rings is 1. The zero-order chi connectivity index (χ0) is 21.3. The van der Waals surface area contributed by atoms with Gasteiger partial charge in [-0.3, -0.25) is 0 Å². The number of phenols is 1. The molecule has 4 rings (SSSR count). The number of aryl methyl sites for hydroxylation is 2. The van der Waals surface area contributed by atoms with Crippen molar-refractivity contribution in [2.45, 2.75) is 20.3 Å². The number of hydrogen-bond acceptors (Lipinski definition) is 6. The molecule has 2 amide bonds. The van der Waals surface area contributed by atoms with Gasteiger partial charge in [-0.2, -0.15) is 0 Å². The molecule has 0 aliphatic carbocycles. The van der Waals surface area contributed by atoms with Crippen molar-refractivity contribution in [1.82, 2.24) is 9.97 Å². The van der Waals surface area contributed by atoms with Gasteiger partial charge in [-0.05, 0) is 42.7 Å². The molecule has 7 nitrogen and oxygen atoms in total. The molecule has 30 heavy (non-hydrogen) atoms. The molecule has 5 N–H and O–H groups in total. The van der Waals surface area contributed by atoms with E-state index in [-0.39, 0.29) is 11.8 Å². The zero-order valence-electron chi connectivity index (χ0n) is 16.6. The van der Waals surface area contributed by atoms with Crippen LogP contribution in [0.3, 0.4) is 0 Å². The maximum absolute atomic E-state index is 12.3. The quantitative estimate of drug-likeness (QED) is 0.365. The molecular weight excluding hydrogens is 398 g/mol. The van der Waals surface area contributed by atoms with Crippen molar-refractivity contribution in [1.29, 1.82) is 0 Å². The van der Waals surface area contributed by atoms with Gasteiger partial charge in [0.1, 0.15) is 22.7 Å². The Bertz CT molecular complexity index is 1230. The Hall–Kier alpha value is -3.65. The summed E-state index contributed by atoms with van der Waals surface area (Å²) in [4.78, 5) is 22.8. The van der Waals surface area contributed by atoms with Crippen LogP contribution in [-0.2, 0) is 6.42 Å². The van der Waals surface area contributed by atoms with E-state index in [1.54, 1.807) is 30.4 Å². The second-order valence-corrected chi connectivity index (χ2v) is 7.93. The Kier molecular flexibility index (Phi) is 5.24. The molecule has 0 radical (unpaired) electrons. The highest BCUT2D eigenvalue weighted by Crippen LogP contribution is 2.40. The highest BCUT2D eigenvalue weighted by molar-refractivity contribution is 7.19. The first kappa shape index (κ1) is 19.7. The van der Waals surface area contributed by atoms with Crippen LogP contribution in [0.4, 0.5) is 22.0 Å². The highest BCUT2D eigenvalue weighted by Gasteiger charge is 2.17. The Labute approximate surface area is 177 Å². The molecule has 2 aromatic heterocycles. The number of rotatable bonds is 4. The largest absolute Gasteiger partial charge is 0.508 e. The molecule has 0 unspecified atom stereocenters. The molecule has 0 atom stereocenters. The Balaban J connectivity index is 1.55. The van der Waals surface area contributed by atoms with Gasteiger partial charge >= 0.3 is 6.03 Å². The number of amides is 2. The van der Waals surface area contributed by atoms with Crippen LogP contribution < -0.4 is 16.4 Å². The summed E-state index contributed by atoms with van der Waals surface area (Å²) in [7, 11) is 0. The molecular formula is C22H21N5O2S.